The largest absolute Gasteiger partial charge is 0.419 e. The molecule has 1 aliphatic rings. The van der Waals surface area contributed by atoms with Gasteiger partial charge in [-0.15, -0.1) is 0 Å². The first-order chi connectivity index (χ1) is 7.61. The van der Waals surface area contributed by atoms with Crippen LogP contribution < -0.4 is 5.73 Å². The fourth-order valence-electron chi connectivity index (χ4n) is 1.41. The van der Waals surface area contributed by atoms with Crippen LogP contribution in [0.5, 0.6) is 0 Å². The van der Waals surface area contributed by atoms with Crippen molar-refractivity contribution in [2.75, 3.05) is 0 Å². The van der Waals surface area contributed by atoms with Crippen molar-refractivity contribution in [1.82, 2.24) is 0 Å². The maximum Gasteiger partial charge on any atom is 0.385 e. The number of ketones is 1. The highest BCUT2D eigenvalue weighted by atomic mass is 16.5. The molecule has 5 nitrogen and oxygen atoms in total. The molecule has 1 aromatic rings. The van der Waals surface area contributed by atoms with Crippen LogP contribution in [0.2, 0.25) is 0 Å². The van der Waals surface area contributed by atoms with E-state index in [0.29, 0.717) is 5.56 Å². The van der Waals surface area contributed by atoms with Crippen LogP contribution in [0, 0.1) is 0 Å². The molecule has 0 aromatic heterocycles. The number of carbonyl (C=O) groups excluding carboxylic acids is 3. The highest BCUT2D eigenvalue weighted by Crippen LogP contribution is 2.26. The van der Waals surface area contributed by atoms with Crippen molar-refractivity contribution >= 4 is 23.4 Å². The summed E-state index contributed by atoms with van der Waals surface area (Å²) >= 11 is 0. The van der Waals surface area contributed by atoms with Gasteiger partial charge in [-0.05, 0) is 0 Å². The Kier molecular flexibility index (Phi) is 2.28. The van der Waals surface area contributed by atoms with Gasteiger partial charge in [0.25, 0.3) is 11.7 Å². The fourth-order valence-corrected chi connectivity index (χ4v) is 1.41. The quantitative estimate of drug-likeness (QED) is 0.429. The molecule has 2 N–H and O–H groups in total. The topological polar surface area (TPSA) is 86.5 Å². The van der Waals surface area contributed by atoms with Gasteiger partial charge in [0.15, 0.2) is 5.76 Å². The van der Waals surface area contributed by atoms with Crippen LogP contribution >= 0.6 is 0 Å². The zero-order valence-electron chi connectivity index (χ0n) is 8.10. The van der Waals surface area contributed by atoms with E-state index in [0.717, 1.165) is 0 Å². The standard InChI is InChI=1S/C11H7NO4/c12-10(14)7-8(13)11(15)16-9(7)6-4-2-1-3-5-6/h1-5H,(H2,12,14). The van der Waals surface area contributed by atoms with Crippen molar-refractivity contribution in [2.45, 2.75) is 0 Å². The number of hydrogen-bond acceptors (Lipinski definition) is 4. The minimum atomic E-state index is -1.08. The molecule has 0 aliphatic carbocycles. The normalized spacial score (nSPS) is 15.2. The number of cyclic esters (lactones) is 1. The molecule has 0 saturated carbocycles. The predicted octanol–water partition coefficient (Wildman–Crippen LogP) is 0.00890. The van der Waals surface area contributed by atoms with Crippen molar-refractivity contribution in [3.8, 4) is 0 Å². The van der Waals surface area contributed by atoms with Crippen LogP contribution in [-0.4, -0.2) is 17.7 Å². The molecule has 0 unspecified atom stereocenters. The summed E-state index contributed by atoms with van der Waals surface area (Å²) in [7, 11) is 0. The molecule has 0 spiro atoms. The van der Waals surface area contributed by atoms with Gasteiger partial charge in [0.05, 0.1) is 0 Å². The molecule has 1 aliphatic heterocycles. The Bertz CT molecular complexity index is 516. The van der Waals surface area contributed by atoms with E-state index in [-0.39, 0.29) is 5.76 Å². The number of nitrogens with two attached hydrogens (primary N) is 1. The van der Waals surface area contributed by atoms with E-state index in [1.165, 1.54) is 0 Å². The zero-order chi connectivity index (χ0) is 11.7. The molecular weight excluding hydrogens is 210 g/mol. The van der Waals surface area contributed by atoms with E-state index >= 15 is 0 Å². The molecule has 2 rings (SSSR count). The van der Waals surface area contributed by atoms with Gasteiger partial charge in [0.2, 0.25) is 0 Å². The first-order valence-electron chi connectivity index (χ1n) is 4.47. The Morgan fingerprint density at radius 3 is 2.31 bits per heavy atom. The second-order valence-electron chi connectivity index (χ2n) is 3.15. The van der Waals surface area contributed by atoms with Gasteiger partial charge in [-0.1, -0.05) is 30.3 Å². The van der Waals surface area contributed by atoms with Gasteiger partial charge in [-0.2, -0.15) is 0 Å². The number of rotatable bonds is 2. The first kappa shape index (κ1) is 10.1. The molecule has 0 radical (unpaired) electrons. The zero-order valence-corrected chi connectivity index (χ0v) is 8.10. The second kappa shape index (κ2) is 3.62. The monoisotopic (exact) mass is 217 g/mol. The number of esters is 1. The van der Waals surface area contributed by atoms with Gasteiger partial charge in [0.1, 0.15) is 5.57 Å². The third kappa shape index (κ3) is 1.48. The van der Waals surface area contributed by atoms with Crippen molar-refractivity contribution in [1.29, 1.82) is 0 Å². The lowest BCUT2D eigenvalue weighted by Crippen LogP contribution is -2.21. The third-order valence-electron chi connectivity index (χ3n) is 2.12. The summed E-state index contributed by atoms with van der Waals surface area (Å²) in [6, 6.07) is 8.37. The van der Waals surface area contributed by atoms with Gasteiger partial charge in [-0.25, -0.2) is 4.79 Å². The van der Waals surface area contributed by atoms with Crippen molar-refractivity contribution in [2.24, 2.45) is 5.73 Å². The van der Waals surface area contributed by atoms with E-state index < -0.39 is 23.2 Å². The minimum Gasteiger partial charge on any atom is -0.419 e. The van der Waals surface area contributed by atoms with Crippen LogP contribution in [0.3, 0.4) is 0 Å². The lowest BCUT2D eigenvalue weighted by atomic mass is 10.1. The Labute approximate surface area is 90.5 Å². The number of ether oxygens (including phenoxy) is 1. The molecule has 5 heteroatoms. The van der Waals surface area contributed by atoms with Crippen LogP contribution in [-0.2, 0) is 19.1 Å². The van der Waals surface area contributed by atoms with Crippen molar-refractivity contribution < 1.29 is 19.1 Å². The molecule has 1 heterocycles. The molecule has 0 saturated heterocycles. The Balaban J connectivity index is 2.58. The number of carbonyl (C=O) groups is 3. The molecule has 16 heavy (non-hydrogen) atoms. The second-order valence-corrected chi connectivity index (χ2v) is 3.15. The maximum atomic E-state index is 11.3. The number of benzene rings is 1. The molecule has 80 valence electrons. The Morgan fingerprint density at radius 2 is 1.75 bits per heavy atom. The highest BCUT2D eigenvalue weighted by Gasteiger charge is 2.37. The summed E-state index contributed by atoms with van der Waals surface area (Å²) in [6.07, 6.45) is 0. The molecule has 1 amide bonds. The smallest absolute Gasteiger partial charge is 0.385 e. The molecule has 0 atom stereocenters. The molecule has 0 bridgehead atoms. The molecule has 1 aromatic carbocycles. The number of primary amides is 1. The summed E-state index contributed by atoms with van der Waals surface area (Å²) in [5.74, 6) is -3.10. The SMILES string of the molecule is NC(=O)C1=C(c2ccccc2)OC(=O)C1=O. The van der Waals surface area contributed by atoms with E-state index in [4.69, 9.17) is 10.5 Å². The van der Waals surface area contributed by atoms with E-state index in [9.17, 15) is 14.4 Å². The highest BCUT2D eigenvalue weighted by molar-refractivity contribution is 6.52. The van der Waals surface area contributed by atoms with Gasteiger partial charge in [-0.3, -0.25) is 9.59 Å². The summed E-state index contributed by atoms with van der Waals surface area (Å²) in [4.78, 5) is 33.4. The van der Waals surface area contributed by atoms with Crippen LogP contribution in [0.4, 0.5) is 0 Å². The molecular formula is C11H7NO4. The van der Waals surface area contributed by atoms with Crippen LogP contribution in [0.25, 0.3) is 5.76 Å². The number of hydrogen-bond donors (Lipinski definition) is 1. The van der Waals surface area contributed by atoms with Crippen LogP contribution in [0.1, 0.15) is 5.56 Å². The minimum absolute atomic E-state index is 0.0666. The van der Waals surface area contributed by atoms with Gasteiger partial charge < -0.3 is 10.5 Å². The van der Waals surface area contributed by atoms with Crippen LogP contribution in [0.15, 0.2) is 35.9 Å². The van der Waals surface area contributed by atoms with E-state index in [1.54, 1.807) is 30.3 Å². The summed E-state index contributed by atoms with van der Waals surface area (Å²) in [6.45, 7) is 0. The third-order valence-corrected chi connectivity index (χ3v) is 2.12. The predicted molar refractivity (Wildman–Crippen MR) is 53.7 cm³/mol. The first-order valence-corrected chi connectivity index (χ1v) is 4.47. The van der Waals surface area contributed by atoms with Crippen molar-refractivity contribution in [3.05, 3.63) is 41.5 Å². The Morgan fingerprint density at radius 1 is 1.12 bits per heavy atom. The fraction of sp³-hybridized carbons (Fsp3) is 0. The summed E-state index contributed by atoms with van der Waals surface area (Å²) in [5.41, 5.74) is 5.10. The summed E-state index contributed by atoms with van der Waals surface area (Å²) in [5, 5.41) is 0. The van der Waals surface area contributed by atoms with E-state index in [2.05, 4.69) is 0 Å². The van der Waals surface area contributed by atoms with Gasteiger partial charge in [0, 0.05) is 5.56 Å². The Hall–Kier alpha value is -2.43. The van der Waals surface area contributed by atoms with Gasteiger partial charge >= 0.3 is 5.97 Å². The lowest BCUT2D eigenvalue weighted by molar-refractivity contribution is -0.145. The number of amides is 1. The van der Waals surface area contributed by atoms with Crippen molar-refractivity contribution in [3.63, 3.8) is 0 Å². The summed E-state index contributed by atoms with van der Waals surface area (Å²) < 4.78 is 4.72. The average molecular weight is 217 g/mol. The average Bonchev–Trinajstić information content (AvgIpc) is 2.57. The maximum absolute atomic E-state index is 11.3. The van der Waals surface area contributed by atoms with E-state index in [1.807, 2.05) is 0 Å². The number of Topliss-reactive ketones (excluding diaryl/α,β-unsaturated/α-hetero) is 1. The molecule has 0 fully saturated rings. The lowest BCUT2D eigenvalue weighted by Gasteiger charge is -2.01.